The van der Waals surface area contributed by atoms with Gasteiger partial charge in [-0.05, 0) is 44.9 Å². The molecule has 0 bridgehead atoms. The minimum atomic E-state index is -0.688. The molecule has 0 aromatic rings. The summed E-state index contributed by atoms with van der Waals surface area (Å²) in [4.78, 5) is 23.2. The Morgan fingerprint density at radius 1 is 1.15 bits per heavy atom. The van der Waals surface area contributed by atoms with Crippen LogP contribution in [0, 0.1) is 17.8 Å². The lowest BCUT2D eigenvalue weighted by Gasteiger charge is -2.30. The molecule has 0 saturated heterocycles. The monoisotopic (exact) mass is 281 g/mol. The van der Waals surface area contributed by atoms with Crippen molar-refractivity contribution < 1.29 is 9.59 Å². The molecule has 1 fully saturated rings. The SMILES string of the molecule is CC(C)NC(=O)C(=O)N/N=C1/C[C@H](C)CC[C@@H]1C(C)C. The predicted octanol–water partition coefficient (Wildman–Crippen LogP) is 2.08. The zero-order valence-electron chi connectivity index (χ0n) is 13.2. The highest BCUT2D eigenvalue weighted by molar-refractivity contribution is 6.35. The van der Waals surface area contributed by atoms with Crippen molar-refractivity contribution in [3.05, 3.63) is 0 Å². The van der Waals surface area contributed by atoms with Crippen LogP contribution in [0.25, 0.3) is 0 Å². The number of nitrogens with zero attached hydrogens (tertiary/aromatic N) is 1. The summed E-state index contributed by atoms with van der Waals surface area (Å²) in [5, 5.41) is 6.77. The summed E-state index contributed by atoms with van der Waals surface area (Å²) >= 11 is 0. The number of carbonyl (C=O) groups is 2. The van der Waals surface area contributed by atoms with Crippen molar-refractivity contribution in [3.8, 4) is 0 Å². The van der Waals surface area contributed by atoms with E-state index in [-0.39, 0.29) is 6.04 Å². The summed E-state index contributed by atoms with van der Waals surface area (Å²) in [6, 6.07) is -0.0565. The Morgan fingerprint density at radius 2 is 1.80 bits per heavy atom. The van der Waals surface area contributed by atoms with E-state index in [9.17, 15) is 9.59 Å². The van der Waals surface area contributed by atoms with Crippen molar-refractivity contribution in [2.24, 2.45) is 22.9 Å². The van der Waals surface area contributed by atoms with E-state index in [1.54, 1.807) is 0 Å². The number of carbonyl (C=O) groups excluding carboxylic acids is 2. The quantitative estimate of drug-likeness (QED) is 0.614. The third-order valence-electron chi connectivity index (χ3n) is 3.69. The first-order valence-corrected chi connectivity index (χ1v) is 7.48. The summed E-state index contributed by atoms with van der Waals surface area (Å²) in [6.07, 6.45) is 3.20. The number of amides is 2. The zero-order chi connectivity index (χ0) is 15.3. The Kier molecular flexibility index (Phi) is 6.17. The van der Waals surface area contributed by atoms with Crippen LogP contribution in [0.15, 0.2) is 5.10 Å². The second-order valence-corrected chi connectivity index (χ2v) is 6.41. The lowest BCUT2D eigenvalue weighted by Crippen LogP contribution is -2.42. The second kappa shape index (κ2) is 7.41. The molecule has 0 aromatic heterocycles. The van der Waals surface area contributed by atoms with Crippen molar-refractivity contribution in [1.29, 1.82) is 0 Å². The smallest absolute Gasteiger partial charge is 0.329 e. The Morgan fingerprint density at radius 3 is 2.35 bits per heavy atom. The van der Waals surface area contributed by atoms with Gasteiger partial charge in [0.2, 0.25) is 0 Å². The van der Waals surface area contributed by atoms with Crippen molar-refractivity contribution in [3.63, 3.8) is 0 Å². The third-order valence-corrected chi connectivity index (χ3v) is 3.69. The Balaban J connectivity index is 2.65. The highest BCUT2D eigenvalue weighted by Crippen LogP contribution is 2.31. The van der Waals surface area contributed by atoms with Gasteiger partial charge in [-0.3, -0.25) is 9.59 Å². The average molecular weight is 281 g/mol. The zero-order valence-corrected chi connectivity index (χ0v) is 13.2. The van der Waals surface area contributed by atoms with Gasteiger partial charge in [-0.15, -0.1) is 0 Å². The number of rotatable bonds is 3. The van der Waals surface area contributed by atoms with Gasteiger partial charge in [0, 0.05) is 17.7 Å². The van der Waals surface area contributed by atoms with Gasteiger partial charge in [-0.1, -0.05) is 20.8 Å². The molecule has 0 radical (unpaired) electrons. The fraction of sp³-hybridized carbons (Fsp3) is 0.800. The molecule has 114 valence electrons. The van der Waals surface area contributed by atoms with Gasteiger partial charge >= 0.3 is 11.8 Å². The van der Waals surface area contributed by atoms with Gasteiger partial charge in [0.25, 0.3) is 0 Å². The van der Waals surface area contributed by atoms with E-state index in [1.807, 2.05) is 13.8 Å². The maximum atomic E-state index is 11.6. The van der Waals surface area contributed by atoms with Crippen molar-refractivity contribution in [2.75, 3.05) is 0 Å². The van der Waals surface area contributed by atoms with E-state index < -0.39 is 11.8 Å². The molecule has 0 unspecified atom stereocenters. The van der Waals surface area contributed by atoms with Crippen LogP contribution in [0.5, 0.6) is 0 Å². The first-order valence-electron chi connectivity index (χ1n) is 7.48. The van der Waals surface area contributed by atoms with Crippen LogP contribution < -0.4 is 10.7 Å². The third kappa shape index (κ3) is 4.94. The van der Waals surface area contributed by atoms with Crippen molar-refractivity contribution >= 4 is 17.5 Å². The summed E-state index contributed by atoms with van der Waals surface area (Å²) < 4.78 is 0. The van der Waals surface area contributed by atoms with Gasteiger partial charge in [-0.2, -0.15) is 5.10 Å². The standard InChI is InChI=1S/C15H27N3O2/c1-9(2)12-7-6-11(5)8-13(12)17-18-15(20)14(19)16-10(3)4/h9-12H,6-8H2,1-5H3,(H,16,19)(H,18,20)/b17-13-/t11-,12-/m1/s1. The molecule has 1 saturated carbocycles. The lowest BCUT2D eigenvalue weighted by atomic mass is 9.76. The highest BCUT2D eigenvalue weighted by Gasteiger charge is 2.27. The molecule has 0 aliphatic heterocycles. The number of hydrogen-bond acceptors (Lipinski definition) is 3. The molecule has 0 heterocycles. The first kappa shape index (κ1) is 16.7. The van der Waals surface area contributed by atoms with Crippen LogP contribution in [0.2, 0.25) is 0 Å². The van der Waals surface area contributed by atoms with Crippen LogP contribution in [-0.4, -0.2) is 23.6 Å². The molecule has 5 heteroatoms. The van der Waals surface area contributed by atoms with Crippen LogP contribution >= 0.6 is 0 Å². The van der Waals surface area contributed by atoms with Crippen LogP contribution in [0.4, 0.5) is 0 Å². The molecule has 0 aromatic carbocycles. The first-order chi connectivity index (χ1) is 9.31. The normalized spacial score (nSPS) is 25.1. The summed E-state index contributed by atoms with van der Waals surface area (Å²) in [5.41, 5.74) is 3.42. The van der Waals surface area contributed by atoms with Crippen LogP contribution in [0.3, 0.4) is 0 Å². The maximum absolute atomic E-state index is 11.6. The minimum Gasteiger partial charge on any atom is -0.346 e. The number of hydrogen-bond donors (Lipinski definition) is 2. The molecule has 1 rings (SSSR count). The Labute approximate surface area is 121 Å². The van der Waals surface area contributed by atoms with Crippen molar-refractivity contribution in [2.45, 2.75) is 59.9 Å². The van der Waals surface area contributed by atoms with Gasteiger partial charge < -0.3 is 5.32 Å². The molecular formula is C15H27N3O2. The molecule has 2 amide bonds. The van der Waals surface area contributed by atoms with E-state index in [1.165, 1.54) is 6.42 Å². The van der Waals surface area contributed by atoms with Gasteiger partial charge in [-0.25, -0.2) is 5.43 Å². The molecule has 1 aliphatic carbocycles. The van der Waals surface area contributed by atoms with E-state index in [2.05, 4.69) is 36.6 Å². The molecular weight excluding hydrogens is 254 g/mol. The molecule has 2 atom stereocenters. The fourth-order valence-electron chi connectivity index (χ4n) is 2.59. The summed E-state index contributed by atoms with van der Waals surface area (Å²) in [7, 11) is 0. The highest BCUT2D eigenvalue weighted by atomic mass is 16.2. The summed E-state index contributed by atoms with van der Waals surface area (Å²) in [5.74, 6) is 0.175. The average Bonchev–Trinajstić information content (AvgIpc) is 2.34. The maximum Gasteiger partial charge on any atom is 0.329 e. The topological polar surface area (TPSA) is 70.6 Å². The number of hydrazone groups is 1. The largest absolute Gasteiger partial charge is 0.346 e. The van der Waals surface area contributed by atoms with Gasteiger partial charge in [0.1, 0.15) is 0 Å². The van der Waals surface area contributed by atoms with Gasteiger partial charge in [0.15, 0.2) is 0 Å². The second-order valence-electron chi connectivity index (χ2n) is 6.41. The van der Waals surface area contributed by atoms with E-state index >= 15 is 0 Å². The molecule has 20 heavy (non-hydrogen) atoms. The fourth-order valence-corrected chi connectivity index (χ4v) is 2.59. The molecule has 2 N–H and O–H groups in total. The van der Waals surface area contributed by atoms with Crippen LogP contribution in [-0.2, 0) is 9.59 Å². The molecule has 5 nitrogen and oxygen atoms in total. The van der Waals surface area contributed by atoms with Gasteiger partial charge in [0.05, 0.1) is 0 Å². The van der Waals surface area contributed by atoms with Crippen molar-refractivity contribution in [1.82, 2.24) is 10.7 Å². The lowest BCUT2D eigenvalue weighted by molar-refractivity contribution is -0.139. The predicted molar refractivity (Wildman–Crippen MR) is 80.2 cm³/mol. The minimum absolute atomic E-state index is 0.0565. The molecule has 0 spiro atoms. The number of nitrogens with one attached hydrogen (secondary N) is 2. The van der Waals surface area contributed by atoms with E-state index in [0.29, 0.717) is 17.8 Å². The summed E-state index contributed by atoms with van der Waals surface area (Å²) in [6.45, 7) is 10.2. The molecule has 1 aliphatic rings. The Hall–Kier alpha value is -1.39. The Bertz CT molecular complexity index is 389. The van der Waals surface area contributed by atoms with E-state index in [4.69, 9.17) is 0 Å². The van der Waals surface area contributed by atoms with Crippen LogP contribution in [0.1, 0.15) is 53.9 Å². The van der Waals surface area contributed by atoms with E-state index in [0.717, 1.165) is 18.6 Å².